The van der Waals surface area contributed by atoms with Crippen molar-refractivity contribution in [2.24, 2.45) is 0 Å². The van der Waals surface area contributed by atoms with Gasteiger partial charge in [-0.3, -0.25) is 19.2 Å². The number of hydrogen-bond acceptors (Lipinski definition) is 4. The first-order valence-corrected chi connectivity index (χ1v) is 9.51. The fourth-order valence-corrected chi connectivity index (χ4v) is 2.73. The Morgan fingerprint density at radius 3 is 0.944 bits per heavy atom. The normalized spacial score (nSPS) is 12.8. The van der Waals surface area contributed by atoms with E-state index in [1.807, 2.05) is 0 Å². The van der Waals surface area contributed by atoms with Crippen molar-refractivity contribution in [3.8, 4) is 11.1 Å². The van der Waals surface area contributed by atoms with Crippen molar-refractivity contribution < 1.29 is 63.1 Å². The molecule has 2 rings (SSSR count). The summed E-state index contributed by atoms with van der Waals surface area (Å²) in [7, 11) is 0. The van der Waals surface area contributed by atoms with Gasteiger partial charge in [0, 0.05) is 11.1 Å². The SMILES string of the molecule is O=C(CC(=O)C(F)(F)C(F)(F)F)c1ccc(-c2ccc(C(=O)CC(=O)C(F)(F)C(F)(F)F)cc2)cc1. The molecule has 4 nitrogen and oxygen atoms in total. The maximum atomic E-state index is 13.0. The van der Waals surface area contributed by atoms with Gasteiger partial charge in [-0.05, 0) is 11.1 Å². The first-order chi connectivity index (χ1) is 16.3. The Hall–Kier alpha value is -3.58. The Labute approximate surface area is 194 Å². The zero-order chi connectivity index (χ0) is 27.7. The molecule has 0 aliphatic heterocycles. The molecule has 0 atom stereocenters. The van der Waals surface area contributed by atoms with Gasteiger partial charge < -0.3 is 0 Å². The monoisotopic (exact) mass is 530 g/mol. The Morgan fingerprint density at radius 1 is 0.472 bits per heavy atom. The van der Waals surface area contributed by atoms with Crippen molar-refractivity contribution >= 4 is 23.1 Å². The van der Waals surface area contributed by atoms with Crippen LogP contribution in [0.2, 0.25) is 0 Å². The van der Waals surface area contributed by atoms with E-state index in [1.165, 1.54) is 24.3 Å². The number of rotatable bonds is 9. The highest BCUT2D eigenvalue weighted by Gasteiger charge is 2.63. The molecule has 0 aliphatic carbocycles. The molecule has 0 bridgehead atoms. The quantitative estimate of drug-likeness (QED) is 0.226. The molecule has 14 heteroatoms. The van der Waals surface area contributed by atoms with Gasteiger partial charge in [-0.1, -0.05) is 48.5 Å². The molecule has 194 valence electrons. The number of alkyl halides is 10. The molecule has 0 amide bonds. The van der Waals surface area contributed by atoms with Crippen molar-refractivity contribution in [3.05, 3.63) is 59.7 Å². The van der Waals surface area contributed by atoms with Gasteiger partial charge in [0.25, 0.3) is 0 Å². The summed E-state index contributed by atoms with van der Waals surface area (Å²) in [6.45, 7) is 0. The van der Waals surface area contributed by atoms with E-state index < -0.39 is 60.2 Å². The van der Waals surface area contributed by atoms with E-state index in [1.54, 1.807) is 0 Å². The summed E-state index contributed by atoms with van der Waals surface area (Å²) in [4.78, 5) is 46.2. The van der Waals surface area contributed by atoms with Crippen molar-refractivity contribution in [1.82, 2.24) is 0 Å². The fourth-order valence-electron chi connectivity index (χ4n) is 2.73. The van der Waals surface area contributed by atoms with Crippen LogP contribution in [-0.4, -0.2) is 47.3 Å². The molecule has 0 N–H and O–H groups in total. The van der Waals surface area contributed by atoms with E-state index >= 15 is 0 Å². The molecule has 0 heterocycles. The summed E-state index contributed by atoms with van der Waals surface area (Å²) in [6, 6.07) is 8.93. The van der Waals surface area contributed by atoms with E-state index in [2.05, 4.69) is 0 Å². The second kappa shape index (κ2) is 9.82. The molecule has 0 spiro atoms. The lowest BCUT2D eigenvalue weighted by atomic mass is 9.97. The number of ketones is 4. The van der Waals surface area contributed by atoms with Gasteiger partial charge in [-0.15, -0.1) is 0 Å². The maximum absolute atomic E-state index is 13.0. The molecule has 0 aromatic heterocycles. The van der Waals surface area contributed by atoms with Crippen LogP contribution in [0.1, 0.15) is 33.6 Å². The molecule has 0 aliphatic rings. The molecule has 2 aromatic carbocycles. The molecular formula is C22H12F10O4. The lowest BCUT2D eigenvalue weighted by Crippen LogP contribution is -2.44. The summed E-state index contributed by atoms with van der Waals surface area (Å²) < 4.78 is 125. The van der Waals surface area contributed by atoms with Crippen LogP contribution in [0.4, 0.5) is 43.9 Å². The summed E-state index contributed by atoms with van der Waals surface area (Å²) in [6.07, 6.45) is -15.7. The van der Waals surface area contributed by atoms with Crippen LogP contribution in [0.15, 0.2) is 48.5 Å². The van der Waals surface area contributed by atoms with Gasteiger partial charge in [-0.2, -0.15) is 43.9 Å². The smallest absolute Gasteiger partial charge is 0.294 e. The lowest BCUT2D eigenvalue weighted by molar-refractivity contribution is -0.268. The fraction of sp³-hybridized carbons (Fsp3) is 0.273. The van der Waals surface area contributed by atoms with E-state index in [0.717, 1.165) is 24.3 Å². The van der Waals surface area contributed by atoms with Crippen molar-refractivity contribution in [3.63, 3.8) is 0 Å². The third-order valence-electron chi connectivity index (χ3n) is 4.80. The minimum Gasteiger partial charge on any atom is -0.294 e. The zero-order valence-corrected chi connectivity index (χ0v) is 17.4. The Kier molecular flexibility index (Phi) is 7.81. The maximum Gasteiger partial charge on any atom is 0.461 e. The van der Waals surface area contributed by atoms with Gasteiger partial charge in [-0.25, -0.2) is 0 Å². The number of carbonyl (C=O) groups is 4. The standard InChI is InChI=1S/C22H12F10O4/c23-19(24,21(27,28)29)17(35)9-15(33)13-5-1-11(2-6-13)12-3-7-14(8-4-12)16(34)10-18(36)20(25,26)22(30,31)32/h1-8H,9-10H2. The van der Waals surface area contributed by atoms with E-state index in [-0.39, 0.29) is 11.1 Å². The van der Waals surface area contributed by atoms with Crippen LogP contribution < -0.4 is 0 Å². The summed E-state index contributed by atoms with van der Waals surface area (Å²) >= 11 is 0. The van der Waals surface area contributed by atoms with E-state index in [4.69, 9.17) is 0 Å². The number of carbonyl (C=O) groups excluding carboxylic acids is 4. The van der Waals surface area contributed by atoms with Crippen LogP contribution in [0.5, 0.6) is 0 Å². The Bertz CT molecular complexity index is 1070. The van der Waals surface area contributed by atoms with E-state index in [0.29, 0.717) is 11.1 Å². The number of Topliss-reactive ketones (excluding diaryl/α,β-unsaturated/α-hetero) is 4. The highest BCUT2D eigenvalue weighted by Crippen LogP contribution is 2.38. The summed E-state index contributed by atoms with van der Waals surface area (Å²) in [5.74, 6) is -19.3. The van der Waals surface area contributed by atoms with Gasteiger partial charge in [0.2, 0.25) is 11.6 Å². The molecule has 0 unspecified atom stereocenters. The number of benzene rings is 2. The molecular weight excluding hydrogens is 518 g/mol. The minimum atomic E-state index is -6.16. The second-order valence-electron chi connectivity index (χ2n) is 7.35. The minimum absolute atomic E-state index is 0.303. The Balaban J connectivity index is 2.10. The number of halogens is 10. The highest BCUT2D eigenvalue weighted by molar-refractivity contribution is 6.11. The lowest BCUT2D eigenvalue weighted by Gasteiger charge is -2.17. The molecule has 0 saturated carbocycles. The number of hydrogen-bond donors (Lipinski definition) is 0. The first kappa shape index (κ1) is 28.7. The third kappa shape index (κ3) is 5.97. The van der Waals surface area contributed by atoms with Crippen LogP contribution in [0, 0.1) is 0 Å². The van der Waals surface area contributed by atoms with Crippen LogP contribution >= 0.6 is 0 Å². The highest BCUT2D eigenvalue weighted by atomic mass is 19.4. The molecule has 0 radical (unpaired) electrons. The average Bonchev–Trinajstić information content (AvgIpc) is 2.77. The second-order valence-corrected chi connectivity index (χ2v) is 7.35. The predicted octanol–water partition coefficient (Wildman–Crippen LogP) is 6.03. The largest absolute Gasteiger partial charge is 0.461 e. The predicted molar refractivity (Wildman–Crippen MR) is 102 cm³/mol. The van der Waals surface area contributed by atoms with Crippen LogP contribution in [0.25, 0.3) is 11.1 Å². The average molecular weight is 530 g/mol. The summed E-state index contributed by atoms with van der Waals surface area (Å²) in [5, 5.41) is 0. The Morgan fingerprint density at radius 2 is 0.722 bits per heavy atom. The molecule has 36 heavy (non-hydrogen) atoms. The van der Waals surface area contributed by atoms with Gasteiger partial charge >= 0.3 is 24.2 Å². The topological polar surface area (TPSA) is 68.3 Å². The van der Waals surface area contributed by atoms with Gasteiger partial charge in [0.1, 0.15) is 0 Å². The van der Waals surface area contributed by atoms with Gasteiger partial charge in [0.15, 0.2) is 11.6 Å². The van der Waals surface area contributed by atoms with Crippen molar-refractivity contribution in [2.45, 2.75) is 37.0 Å². The van der Waals surface area contributed by atoms with Crippen LogP contribution in [-0.2, 0) is 9.59 Å². The zero-order valence-electron chi connectivity index (χ0n) is 17.4. The van der Waals surface area contributed by atoms with Crippen molar-refractivity contribution in [1.29, 1.82) is 0 Å². The first-order valence-electron chi connectivity index (χ1n) is 9.51. The van der Waals surface area contributed by atoms with Crippen LogP contribution in [0.3, 0.4) is 0 Å². The van der Waals surface area contributed by atoms with Crippen molar-refractivity contribution in [2.75, 3.05) is 0 Å². The molecule has 0 fully saturated rings. The third-order valence-corrected chi connectivity index (χ3v) is 4.80. The molecule has 2 aromatic rings. The summed E-state index contributed by atoms with van der Waals surface area (Å²) in [5.41, 5.74) is -0.115. The van der Waals surface area contributed by atoms with E-state index in [9.17, 15) is 63.1 Å². The molecule has 0 saturated heterocycles. The van der Waals surface area contributed by atoms with Gasteiger partial charge in [0.05, 0.1) is 12.8 Å².